The summed E-state index contributed by atoms with van der Waals surface area (Å²) in [6, 6.07) is 0. The molecule has 0 saturated heterocycles. The molecule has 0 atom stereocenters. The van der Waals surface area contributed by atoms with E-state index in [0.717, 1.165) is 12.2 Å². The second-order valence-electron chi connectivity index (χ2n) is 3.85. The van der Waals surface area contributed by atoms with E-state index < -0.39 is 11.9 Å². The maximum atomic E-state index is 9.25. The van der Waals surface area contributed by atoms with E-state index in [1.54, 1.807) is 0 Å². The first kappa shape index (κ1) is 22.6. The summed E-state index contributed by atoms with van der Waals surface area (Å²) < 4.78 is 0. The summed E-state index contributed by atoms with van der Waals surface area (Å²) in [7, 11) is 0. The largest absolute Gasteiger partial charge is 0.478 e. The van der Waals surface area contributed by atoms with Crippen molar-refractivity contribution in [3.8, 4) is 0 Å². The molecule has 0 radical (unpaired) electrons. The van der Waals surface area contributed by atoms with Crippen LogP contribution in [0.2, 0.25) is 0 Å². The van der Waals surface area contributed by atoms with Crippen molar-refractivity contribution in [2.24, 2.45) is 0 Å². The third-order valence-corrected chi connectivity index (χ3v) is 2.06. The number of aliphatic carboxylic acids is 2. The van der Waals surface area contributed by atoms with Crippen molar-refractivity contribution < 1.29 is 19.8 Å². The van der Waals surface area contributed by atoms with Gasteiger partial charge in [-0.25, -0.2) is 9.59 Å². The topological polar surface area (TPSA) is 74.6 Å². The summed E-state index contributed by atoms with van der Waals surface area (Å²) in [4.78, 5) is 18.5. The van der Waals surface area contributed by atoms with Gasteiger partial charge in [0.15, 0.2) is 0 Å². The highest BCUT2D eigenvalue weighted by Crippen LogP contribution is 2.05. The molecule has 0 aliphatic rings. The molecular weight excluding hydrogens is 244 g/mol. The zero-order valence-corrected chi connectivity index (χ0v) is 12.2. The van der Waals surface area contributed by atoms with Crippen LogP contribution in [-0.2, 0) is 9.59 Å². The second-order valence-corrected chi connectivity index (χ2v) is 3.85. The molecule has 0 aliphatic heterocycles. The van der Waals surface area contributed by atoms with Gasteiger partial charge in [0.2, 0.25) is 0 Å². The van der Waals surface area contributed by atoms with Gasteiger partial charge in [-0.1, -0.05) is 72.0 Å². The lowest BCUT2D eigenvalue weighted by molar-refractivity contribution is -0.132. The Balaban J connectivity index is -0.000000219. The average molecular weight is 272 g/mol. The molecule has 19 heavy (non-hydrogen) atoms. The van der Waals surface area contributed by atoms with Gasteiger partial charge in [-0.2, -0.15) is 0 Å². The number of rotatable bonds is 8. The summed E-state index contributed by atoms with van der Waals surface area (Å²) in [6.45, 7) is 10.4. The van der Waals surface area contributed by atoms with E-state index in [9.17, 15) is 9.59 Å². The molecule has 4 nitrogen and oxygen atoms in total. The number of hydrogen-bond donors (Lipinski definition) is 2. The molecule has 0 bridgehead atoms. The summed E-state index contributed by atoms with van der Waals surface area (Å²) in [5.41, 5.74) is 0. The molecule has 0 aliphatic carbocycles. The summed E-state index contributed by atoms with van der Waals surface area (Å²) in [6.07, 6.45) is 11.6. The average Bonchev–Trinajstić information content (AvgIpc) is 2.40. The van der Waals surface area contributed by atoms with E-state index in [2.05, 4.69) is 27.0 Å². The molecule has 0 aromatic rings. The summed E-state index contributed by atoms with van der Waals surface area (Å²) in [5, 5.41) is 15.2. The predicted octanol–water partition coefficient (Wildman–Crippen LogP) is 4.27. The van der Waals surface area contributed by atoms with Crippen LogP contribution in [0.25, 0.3) is 0 Å². The third kappa shape index (κ3) is 48.2. The van der Waals surface area contributed by atoms with Crippen LogP contribution in [0.1, 0.15) is 58.8 Å². The van der Waals surface area contributed by atoms with Crippen molar-refractivity contribution in [3.05, 3.63) is 25.3 Å². The molecule has 112 valence electrons. The monoisotopic (exact) mass is 272 g/mol. The molecule has 0 saturated carbocycles. The normalized spacial score (nSPS) is 8.11. The minimum absolute atomic E-state index is 0.833. The van der Waals surface area contributed by atoms with E-state index in [4.69, 9.17) is 10.2 Å². The first-order chi connectivity index (χ1) is 8.95. The van der Waals surface area contributed by atoms with Gasteiger partial charge in [-0.3, -0.25) is 0 Å². The highest BCUT2D eigenvalue weighted by Gasteiger charge is 1.85. The van der Waals surface area contributed by atoms with Crippen LogP contribution in [0, 0.1) is 0 Å². The van der Waals surface area contributed by atoms with Gasteiger partial charge in [0.05, 0.1) is 0 Å². The SMILES string of the molecule is C=CC(=O)O.C=CC(=O)O.CCCCCCCCC. The summed E-state index contributed by atoms with van der Waals surface area (Å²) >= 11 is 0. The van der Waals surface area contributed by atoms with Crippen LogP contribution >= 0.6 is 0 Å². The Morgan fingerprint density at radius 2 is 1.00 bits per heavy atom. The maximum absolute atomic E-state index is 9.25. The maximum Gasteiger partial charge on any atom is 0.327 e. The lowest BCUT2D eigenvalue weighted by Gasteiger charge is -1.96. The predicted molar refractivity (Wildman–Crippen MR) is 79.3 cm³/mol. The van der Waals surface area contributed by atoms with Crippen molar-refractivity contribution in [3.63, 3.8) is 0 Å². The minimum Gasteiger partial charge on any atom is -0.478 e. The third-order valence-electron chi connectivity index (χ3n) is 2.06. The van der Waals surface area contributed by atoms with Crippen molar-refractivity contribution in [2.45, 2.75) is 58.8 Å². The van der Waals surface area contributed by atoms with E-state index in [1.807, 2.05) is 0 Å². The van der Waals surface area contributed by atoms with E-state index in [-0.39, 0.29) is 0 Å². The number of carboxylic acid groups (broad SMARTS) is 2. The zero-order valence-electron chi connectivity index (χ0n) is 12.2. The molecular formula is C15H28O4. The molecule has 0 fully saturated rings. The summed E-state index contributed by atoms with van der Waals surface area (Å²) in [5.74, 6) is -1.96. The molecule has 0 amide bonds. The van der Waals surface area contributed by atoms with Gasteiger partial charge in [-0.05, 0) is 0 Å². The van der Waals surface area contributed by atoms with Gasteiger partial charge in [0.25, 0.3) is 0 Å². The first-order valence-corrected chi connectivity index (χ1v) is 6.66. The van der Waals surface area contributed by atoms with Crippen molar-refractivity contribution in [1.82, 2.24) is 0 Å². The van der Waals surface area contributed by atoms with Crippen molar-refractivity contribution in [1.29, 1.82) is 0 Å². The fourth-order valence-electron chi connectivity index (χ4n) is 1.03. The number of hydrogen-bond acceptors (Lipinski definition) is 2. The first-order valence-electron chi connectivity index (χ1n) is 6.66. The smallest absolute Gasteiger partial charge is 0.327 e. The van der Waals surface area contributed by atoms with Crippen LogP contribution in [0.4, 0.5) is 0 Å². The van der Waals surface area contributed by atoms with Gasteiger partial charge < -0.3 is 10.2 Å². The lowest BCUT2D eigenvalue weighted by atomic mass is 10.1. The highest BCUT2D eigenvalue weighted by atomic mass is 16.4. The number of unbranched alkanes of at least 4 members (excludes halogenated alkanes) is 6. The Morgan fingerprint density at radius 3 is 1.16 bits per heavy atom. The van der Waals surface area contributed by atoms with E-state index in [0.29, 0.717) is 0 Å². The quantitative estimate of drug-likeness (QED) is 0.511. The van der Waals surface area contributed by atoms with E-state index >= 15 is 0 Å². The van der Waals surface area contributed by atoms with Gasteiger partial charge in [-0.15, -0.1) is 0 Å². The van der Waals surface area contributed by atoms with Gasteiger partial charge in [0.1, 0.15) is 0 Å². The second kappa shape index (κ2) is 21.7. The number of carboxylic acids is 2. The Morgan fingerprint density at radius 1 is 0.789 bits per heavy atom. The fraction of sp³-hybridized carbons (Fsp3) is 0.600. The molecule has 2 N–H and O–H groups in total. The molecule has 4 heteroatoms. The molecule has 0 heterocycles. The van der Waals surface area contributed by atoms with Crippen molar-refractivity contribution >= 4 is 11.9 Å². The van der Waals surface area contributed by atoms with Crippen LogP contribution < -0.4 is 0 Å². The highest BCUT2D eigenvalue weighted by molar-refractivity contribution is 5.79. The van der Waals surface area contributed by atoms with Crippen LogP contribution in [0.3, 0.4) is 0 Å². The lowest BCUT2D eigenvalue weighted by Crippen LogP contribution is -1.82. The molecule has 0 unspecified atom stereocenters. The van der Waals surface area contributed by atoms with Crippen LogP contribution in [0.15, 0.2) is 25.3 Å². The Labute approximate surface area is 116 Å². The fourth-order valence-corrected chi connectivity index (χ4v) is 1.03. The van der Waals surface area contributed by atoms with Crippen LogP contribution in [-0.4, -0.2) is 22.2 Å². The Kier molecular flexibility index (Phi) is 25.8. The molecule has 0 aromatic heterocycles. The molecule has 0 spiro atoms. The van der Waals surface area contributed by atoms with Crippen LogP contribution in [0.5, 0.6) is 0 Å². The van der Waals surface area contributed by atoms with E-state index in [1.165, 1.54) is 44.9 Å². The standard InChI is InChI=1S/C9H20.2C3H4O2/c1-3-5-7-9-8-6-4-2;2*1-2-3(4)5/h3-9H2,1-2H3;2*2H,1H2,(H,4,5). The Hall–Kier alpha value is -1.58. The number of carbonyl (C=O) groups is 2. The molecule has 0 rings (SSSR count). The Bertz CT molecular complexity index is 210. The van der Waals surface area contributed by atoms with Gasteiger partial charge >= 0.3 is 11.9 Å². The van der Waals surface area contributed by atoms with Crippen molar-refractivity contribution in [2.75, 3.05) is 0 Å². The molecule has 0 aromatic carbocycles. The minimum atomic E-state index is -0.981. The zero-order chi connectivity index (χ0) is 15.5. The van der Waals surface area contributed by atoms with Gasteiger partial charge in [0, 0.05) is 12.2 Å².